The summed E-state index contributed by atoms with van der Waals surface area (Å²) in [5.74, 6) is -2.80. The summed E-state index contributed by atoms with van der Waals surface area (Å²) < 4.78 is 0. The molecule has 1 aromatic carbocycles. The minimum atomic E-state index is -1.44. The molecule has 0 saturated carbocycles. The highest BCUT2D eigenvalue weighted by Gasteiger charge is 2.23. The van der Waals surface area contributed by atoms with Crippen LogP contribution in [0.3, 0.4) is 0 Å². The number of aromatic nitrogens is 2. The van der Waals surface area contributed by atoms with Gasteiger partial charge in [0.2, 0.25) is 0 Å². The van der Waals surface area contributed by atoms with Gasteiger partial charge in [-0.1, -0.05) is 23.2 Å². The first-order valence-corrected chi connectivity index (χ1v) is 5.67. The van der Waals surface area contributed by atoms with E-state index in [0.29, 0.717) is 10.6 Å². The van der Waals surface area contributed by atoms with Crippen LogP contribution in [0.15, 0.2) is 18.2 Å². The van der Waals surface area contributed by atoms with Gasteiger partial charge in [-0.3, -0.25) is 0 Å². The molecule has 0 radical (unpaired) electrons. The van der Waals surface area contributed by atoms with Crippen LogP contribution in [0.2, 0.25) is 10.0 Å². The van der Waals surface area contributed by atoms with E-state index in [1.165, 1.54) is 18.2 Å². The number of H-pyrrole nitrogens is 1. The lowest BCUT2D eigenvalue weighted by molar-refractivity contribution is 0.0644. The van der Waals surface area contributed by atoms with E-state index in [1.807, 2.05) is 0 Å². The van der Waals surface area contributed by atoms with Crippen molar-refractivity contribution in [2.24, 2.45) is 0 Å². The first-order valence-electron chi connectivity index (χ1n) is 4.92. The number of halogens is 2. The maximum atomic E-state index is 10.9. The van der Waals surface area contributed by atoms with Gasteiger partial charge in [-0.05, 0) is 18.2 Å². The molecule has 1 aromatic heterocycles. The highest BCUT2D eigenvalue weighted by Crippen LogP contribution is 2.29. The van der Waals surface area contributed by atoms with Gasteiger partial charge in [0.1, 0.15) is 5.82 Å². The summed E-state index contributed by atoms with van der Waals surface area (Å²) in [7, 11) is 0. The standard InChI is InChI=1S/C11H6Cl2N2O4/c12-4-1-2-5(6(13)3-4)9-14-7(10(16)17)8(15-9)11(18)19/h1-3H,(H,14,15)(H,16,17)(H,18,19). The number of nitrogens with one attached hydrogen (secondary N) is 1. The number of carbonyl (C=O) groups is 2. The molecule has 6 nitrogen and oxygen atoms in total. The van der Waals surface area contributed by atoms with Crippen LogP contribution in [0, 0.1) is 0 Å². The molecular weight excluding hydrogens is 295 g/mol. The van der Waals surface area contributed by atoms with Crippen LogP contribution >= 0.6 is 23.2 Å². The van der Waals surface area contributed by atoms with Gasteiger partial charge in [0.15, 0.2) is 11.4 Å². The van der Waals surface area contributed by atoms with E-state index < -0.39 is 23.3 Å². The molecule has 3 N–H and O–H groups in total. The Morgan fingerprint density at radius 3 is 2.32 bits per heavy atom. The molecule has 0 fully saturated rings. The molecule has 0 spiro atoms. The minimum Gasteiger partial charge on any atom is -0.477 e. The van der Waals surface area contributed by atoms with Gasteiger partial charge in [0, 0.05) is 10.6 Å². The predicted molar refractivity (Wildman–Crippen MR) is 68.0 cm³/mol. The summed E-state index contributed by atoms with van der Waals surface area (Å²) in [6.45, 7) is 0. The Bertz CT molecular complexity index is 650. The van der Waals surface area contributed by atoms with Gasteiger partial charge in [-0.25, -0.2) is 14.6 Å². The molecule has 2 rings (SSSR count). The summed E-state index contributed by atoms with van der Waals surface area (Å²) in [5.41, 5.74) is -0.719. The second-order valence-corrected chi connectivity index (χ2v) is 4.39. The summed E-state index contributed by atoms with van der Waals surface area (Å²) in [6.07, 6.45) is 0. The number of nitrogens with zero attached hydrogens (tertiary/aromatic N) is 1. The highest BCUT2D eigenvalue weighted by atomic mass is 35.5. The zero-order valence-electron chi connectivity index (χ0n) is 9.15. The van der Waals surface area contributed by atoms with Crippen LogP contribution in [0.5, 0.6) is 0 Å². The molecule has 0 bridgehead atoms. The summed E-state index contributed by atoms with van der Waals surface area (Å²) in [6, 6.07) is 4.49. The number of rotatable bonds is 3. The Balaban J connectivity index is 2.60. The highest BCUT2D eigenvalue weighted by molar-refractivity contribution is 6.36. The summed E-state index contributed by atoms with van der Waals surface area (Å²) >= 11 is 11.7. The molecule has 98 valence electrons. The van der Waals surface area contributed by atoms with Crippen molar-refractivity contribution in [2.75, 3.05) is 0 Å². The maximum Gasteiger partial charge on any atom is 0.357 e. The normalized spacial score (nSPS) is 10.4. The topological polar surface area (TPSA) is 103 Å². The van der Waals surface area contributed by atoms with Gasteiger partial charge in [-0.15, -0.1) is 0 Å². The average Bonchev–Trinajstić information content (AvgIpc) is 2.73. The first-order chi connectivity index (χ1) is 8.90. The fourth-order valence-corrected chi connectivity index (χ4v) is 1.99. The first kappa shape index (κ1) is 13.4. The lowest BCUT2D eigenvalue weighted by Crippen LogP contribution is -2.07. The summed E-state index contributed by atoms with van der Waals surface area (Å²) in [4.78, 5) is 28.0. The van der Waals surface area contributed by atoms with Crippen molar-refractivity contribution in [1.29, 1.82) is 0 Å². The molecule has 0 atom stereocenters. The maximum absolute atomic E-state index is 10.9. The van der Waals surface area contributed by atoms with E-state index in [4.69, 9.17) is 33.4 Å². The SMILES string of the molecule is O=C(O)c1nc(-c2ccc(Cl)cc2Cl)[nH]c1C(=O)O. The van der Waals surface area contributed by atoms with Crippen molar-refractivity contribution in [3.63, 3.8) is 0 Å². The Hall–Kier alpha value is -2.05. The van der Waals surface area contributed by atoms with E-state index in [1.54, 1.807) is 0 Å². The Labute approximate surface area is 116 Å². The van der Waals surface area contributed by atoms with E-state index in [2.05, 4.69) is 9.97 Å². The van der Waals surface area contributed by atoms with E-state index >= 15 is 0 Å². The van der Waals surface area contributed by atoms with Gasteiger partial charge in [0.05, 0.1) is 5.02 Å². The monoisotopic (exact) mass is 300 g/mol. The van der Waals surface area contributed by atoms with Crippen LogP contribution in [0.25, 0.3) is 11.4 Å². The third kappa shape index (κ3) is 2.54. The molecule has 0 unspecified atom stereocenters. The molecule has 19 heavy (non-hydrogen) atoms. The molecule has 2 aromatic rings. The molecular formula is C11H6Cl2N2O4. The fraction of sp³-hybridized carbons (Fsp3) is 0. The predicted octanol–water partition coefficient (Wildman–Crippen LogP) is 2.78. The summed E-state index contributed by atoms with van der Waals surface area (Å²) in [5, 5.41) is 18.4. The Morgan fingerprint density at radius 2 is 1.84 bits per heavy atom. The molecule has 8 heteroatoms. The van der Waals surface area contributed by atoms with E-state index in [9.17, 15) is 9.59 Å². The third-order valence-corrected chi connectivity index (χ3v) is 2.85. The fourth-order valence-electron chi connectivity index (χ4n) is 1.49. The zero-order valence-corrected chi connectivity index (χ0v) is 10.7. The van der Waals surface area contributed by atoms with Crippen molar-refractivity contribution < 1.29 is 19.8 Å². The smallest absolute Gasteiger partial charge is 0.357 e. The number of hydrogen-bond acceptors (Lipinski definition) is 3. The largest absolute Gasteiger partial charge is 0.477 e. The van der Waals surface area contributed by atoms with Crippen LogP contribution in [-0.4, -0.2) is 32.1 Å². The average molecular weight is 301 g/mol. The third-order valence-electron chi connectivity index (χ3n) is 2.31. The molecule has 1 heterocycles. The van der Waals surface area contributed by atoms with Crippen molar-refractivity contribution in [3.8, 4) is 11.4 Å². The number of aromatic carboxylic acids is 2. The number of hydrogen-bond donors (Lipinski definition) is 3. The molecule has 0 aliphatic carbocycles. The molecule has 0 amide bonds. The van der Waals surface area contributed by atoms with Gasteiger partial charge in [0.25, 0.3) is 0 Å². The lowest BCUT2D eigenvalue weighted by atomic mass is 10.2. The van der Waals surface area contributed by atoms with Crippen molar-refractivity contribution >= 4 is 35.1 Å². The second kappa shape index (κ2) is 4.91. The zero-order chi connectivity index (χ0) is 14.2. The van der Waals surface area contributed by atoms with Crippen molar-refractivity contribution in [3.05, 3.63) is 39.6 Å². The van der Waals surface area contributed by atoms with Crippen LogP contribution in [-0.2, 0) is 0 Å². The Morgan fingerprint density at radius 1 is 1.16 bits per heavy atom. The molecule has 0 saturated heterocycles. The van der Waals surface area contributed by atoms with Gasteiger partial charge >= 0.3 is 11.9 Å². The minimum absolute atomic E-state index is 0.0523. The van der Waals surface area contributed by atoms with Crippen LogP contribution < -0.4 is 0 Å². The van der Waals surface area contributed by atoms with Crippen molar-refractivity contribution in [1.82, 2.24) is 9.97 Å². The van der Waals surface area contributed by atoms with Gasteiger partial charge < -0.3 is 15.2 Å². The molecule has 0 aliphatic rings. The van der Waals surface area contributed by atoms with Crippen LogP contribution in [0.4, 0.5) is 0 Å². The Kier molecular flexibility index (Phi) is 3.46. The number of carboxylic acid groups (broad SMARTS) is 2. The second-order valence-electron chi connectivity index (χ2n) is 3.54. The lowest BCUT2D eigenvalue weighted by Gasteiger charge is -2.00. The van der Waals surface area contributed by atoms with E-state index in [0.717, 1.165) is 0 Å². The number of carboxylic acids is 2. The van der Waals surface area contributed by atoms with Gasteiger partial charge in [-0.2, -0.15) is 0 Å². The number of imidazole rings is 1. The quantitative estimate of drug-likeness (QED) is 0.808. The van der Waals surface area contributed by atoms with Crippen LogP contribution in [0.1, 0.15) is 21.0 Å². The van der Waals surface area contributed by atoms with E-state index in [-0.39, 0.29) is 10.8 Å². The molecule has 0 aliphatic heterocycles. The van der Waals surface area contributed by atoms with Crippen molar-refractivity contribution in [2.45, 2.75) is 0 Å². The number of benzene rings is 1. The number of aromatic amines is 1.